The van der Waals surface area contributed by atoms with Gasteiger partial charge in [0.25, 0.3) is 0 Å². The van der Waals surface area contributed by atoms with Crippen LogP contribution in [0.25, 0.3) is 0 Å². The van der Waals surface area contributed by atoms with Crippen LogP contribution in [0.2, 0.25) is 0 Å². The number of hydrogen-bond acceptors (Lipinski definition) is 0. The quantitative estimate of drug-likeness (QED) is 0.276. The monoisotopic (exact) mass is 74.0 g/mol. The Hall–Kier alpha value is 0.495. The van der Waals surface area contributed by atoms with Crippen molar-refractivity contribution in [3.63, 3.8) is 0 Å². The van der Waals surface area contributed by atoms with Crippen molar-refractivity contribution in [1.82, 2.24) is 0 Å². The molecule has 0 fully saturated rings. The van der Waals surface area contributed by atoms with Gasteiger partial charge in [0.2, 0.25) is 0 Å². The summed E-state index contributed by atoms with van der Waals surface area (Å²) in [4.78, 5) is 0. The lowest BCUT2D eigenvalue weighted by molar-refractivity contribution is 1.41. The molecule has 0 aliphatic heterocycles. The van der Waals surface area contributed by atoms with Gasteiger partial charge < -0.3 is 0 Å². The van der Waals surface area contributed by atoms with Crippen LogP contribution < -0.4 is 0 Å². The second kappa shape index (κ2) is 1.78. The summed E-state index contributed by atoms with van der Waals surface area (Å²) in [5.74, 6) is 0. The highest BCUT2D eigenvalue weighted by Crippen LogP contribution is 1.85. The third-order valence-electron chi connectivity index (χ3n) is 0. The van der Waals surface area contributed by atoms with Crippen LogP contribution in [0.1, 0.15) is 6.92 Å². The molecular weight excluding hydrogens is 65.8 g/mol. The second-order valence-corrected chi connectivity index (χ2v) is 2.58. The van der Waals surface area contributed by atoms with Gasteiger partial charge in [0, 0.05) is 0 Å². The van der Waals surface area contributed by atoms with Crippen molar-refractivity contribution in [2.75, 3.05) is 0 Å². The minimum Gasteiger partial charge on any atom is -0.143 e. The van der Waals surface area contributed by atoms with E-state index in [-0.39, 0.29) is 0 Å². The molecule has 0 nitrogen and oxygen atoms in total. The van der Waals surface area contributed by atoms with E-state index in [0.29, 0.717) is 0 Å². The van der Waals surface area contributed by atoms with Crippen LogP contribution in [0.4, 0.5) is 0 Å². The van der Waals surface area contributed by atoms with Crippen LogP contribution in [0, 0.1) is 0 Å². The van der Waals surface area contributed by atoms with E-state index in [9.17, 15) is 0 Å². The van der Waals surface area contributed by atoms with Gasteiger partial charge in [0.15, 0.2) is 0 Å². The van der Waals surface area contributed by atoms with Gasteiger partial charge in [-0.05, 0) is 0 Å². The van der Waals surface area contributed by atoms with Crippen molar-refractivity contribution in [2.45, 2.75) is 12.5 Å². The fourth-order valence-corrected chi connectivity index (χ4v) is 0. The Morgan fingerprint density at radius 2 is 2.00 bits per heavy atom. The standard InChI is InChI=1S/C2H8BP/c1-2(3)4/h2H,3-4H2,1H3/t2-/m1/s1. The van der Waals surface area contributed by atoms with Crippen molar-refractivity contribution >= 4 is 17.1 Å². The van der Waals surface area contributed by atoms with Crippen molar-refractivity contribution < 1.29 is 0 Å². The summed E-state index contributed by atoms with van der Waals surface area (Å²) in [6, 6.07) is 0. The van der Waals surface area contributed by atoms with E-state index in [2.05, 4.69) is 24.0 Å². The Morgan fingerprint density at radius 1 is 2.00 bits per heavy atom. The summed E-state index contributed by atoms with van der Waals surface area (Å²) >= 11 is 0. The van der Waals surface area contributed by atoms with Crippen LogP contribution >= 0.6 is 9.24 Å². The lowest BCUT2D eigenvalue weighted by atomic mass is 10.1. The first-order valence-electron chi connectivity index (χ1n) is 1.49. The summed E-state index contributed by atoms with van der Waals surface area (Å²) in [5, 5.41) is 0. The summed E-state index contributed by atoms with van der Waals surface area (Å²) in [5.41, 5.74) is 0.750. The fourth-order valence-electron chi connectivity index (χ4n) is 0. The van der Waals surface area contributed by atoms with E-state index in [0.717, 1.165) is 5.56 Å². The van der Waals surface area contributed by atoms with E-state index < -0.39 is 0 Å². The van der Waals surface area contributed by atoms with Crippen molar-refractivity contribution in [2.24, 2.45) is 0 Å². The van der Waals surface area contributed by atoms with Gasteiger partial charge in [0.05, 0.1) is 0 Å². The lowest BCUT2D eigenvalue weighted by Gasteiger charge is -1.78. The van der Waals surface area contributed by atoms with E-state index in [1.165, 1.54) is 0 Å². The van der Waals surface area contributed by atoms with Crippen LogP contribution in [0.3, 0.4) is 0 Å². The Balaban J connectivity index is 2.32. The molecule has 0 radical (unpaired) electrons. The highest BCUT2D eigenvalue weighted by molar-refractivity contribution is 7.20. The minimum absolute atomic E-state index is 0.750. The van der Waals surface area contributed by atoms with Gasteiger partial charge in [-0.15, -0.1) is 9.24 Å². The zero-order valence-electron chi connectivity index (χ0n) is 3.15. The van der Waals surface area contributed by atoms with Gasteiger partial charge in [-0.3, -0.25) is 0 Å². The average Bonchev–Trinajstić information content (AvgIpc) is 0.811. The molecule has 2 heteroatoms. The SMILES string of the molecule is B[C@@H](C)P. The van der Waals surface area contributed by atoms with Crippen molar-refractivity contribution in [3.05, 3.63) is 0 Å². The van der Waals surface area contributed by atoms with Crippen LogP contribution in [-0.2, 0) is 0 Å². The maximum atomic E-state index is 2.66. The second-order valence-electron chi connectivity index (χ2n) is 1.24. The highest BCUT2D eigenvalue weighted by atomic mass is 31.0. The third-order valence-corrected chi connectivity index (χ3v) is 0. The smallest absolute Gasteiger partial charge is 0.110 e. The highest BCUT2D eigenvalue weighted by Gasteiger charge is 1.69. The van der Waals surface area contributed by atoms with Crippen LogP contribution in [0.5, 0.6) is 0 Å². The molecule has 0 spiro atoms. The molecule has 0 saturated carbocycles. The number of hydrogen-bond donors (Lipinski definition) is 0. The normalized spacial score (nSPS) is 15.5. The summed E-state index contributed by atoms with van der Waals surface area (Å²) in [6.45, 7) is 2.13. The molecule has 0 aliphatic carbocycles. The third kappa shape index (κ3) is 22.8. The van der Waals surface area contributed by atoms with Gasteiger partial charge in [-0.2, -0.15) is 0 Å². The molecule has 0 bridgehead atoms. The van der Waals surface area contributed by atoms with Crippen molar-refractivity contribution in [3.8, 4) is 0 Å². The minimum atomic E-state index is 0.750. The molecule has 0 aromatic heterocycles. The molecule has 1 unspecified atom stereocenters. The molecule has 0 N–H and O–H groups in total. The molecule has 0 heterocycles. The predicted molar refractivity (Wildman–Crippen MR) is 27.7 cm³/mol. The van der Waals surface area contributed by atoms with E-state index >= 15 is 0 Å². The molecule has 0 amide bonds. The topological polar surface area (TPSA) is 0 Å². The molecular formula is C2H8BP. The Morgan fingerprint density at radius 3 is 2.00 bits per heavy atom. The van der Waals surface area contributed by atoms with E-state index in [1.54, 1.807) is 0 Å². The molecule has 0 aromatic rings. The number of rotatable bonds is 0. The van der Waals surface area contributed by atoms with Gasteiger partial charge in [0.1, 0.15) is 7.85 Å². The van der Waals surface area contributed by atoms with Crippen LogP contribution in [0.15, 0.2) is 0 Å². The zero-order valence-corrected chi connectivity index (χ0v) is 4.31. The van der Waals surface area contributed by atoms with Gasteiger partial charge >= 0.3 is 0 Å². The molecule has 0 aliphatic rings. The Labute approximate surface area is 30.6 Å². The molecule has 0 saturated heterocycles. The average molecular weight is 73.9 g/mol. The Kier molecular flexibility index (Phi) is 2.00. The molecule has 0 aromatic carbocycles. The predicted octanol–water partition coefficient (Wildman–Crippen LogP) is -0.159. The largest absolute Gasteiger partial charge is 0.143 e. The lowest BCUT2D eigenvalue weighted by Crippen LogP contribution is -1.80. The van der Waals surface area contributed by atoms with Gasteiger partial charge in [-0.25, -0.2) is 0 Å². The van der Waals surface area contributed by atoms with Crippen LogP contribution in [-0.4, -0.2) is 13.4 Å². The van der Waals surface area contributed by atoms with Crippen molar-refractivity contribution in [1.29, 1.82) is 0 Å². The summed E-state index contributed by atoms with van der Waals surface area (Å²) < 4.78 is 0. The van der Waals surface area contributed by atoms with E-state index in [4.69, 9.17) is 0 Å². The first-order chi connectivity index (χ1) is 1.73. The maximum absolute atomic E-state index is 2.66. The first kappa shape index (κ1) is 4.49. The Bertz CT molecular complexity index is 10.8. The molecule has 24 valence electrons. The molecule has 0 rings (SSSR count). The summed E-state index contributed by atoms with van der Waals surface area (Å²) in [7, 11) is 4.79. The first-order valence-corrected chi connectivity index (χ1v) is 2.15. The van der Waals surface area contributed by atoms with Gasteiger partial charge in [-0.1, -0.05) is 12.5 Å². The maximum Gasteiger partial charge on any atom is 0.110 e. The fraction of sp³-hybridized carbons (Fsp3) is 1.00. The molecule has 2 atom stereocenters. The van der Waals surface area contributed by atoms with E-state index in [1.807, 2.05) is 0 Å². The summed E-state index contributed by atoms with van der Waals surface area (Å²) in [6.07, 6.45) is 0. The zero-order chi connectivity index (χ0) is 3.58. The molecule has 4 heavy (non-hydrogen) atoms.